The third kappa shape index (κ3) is 4.90. The van der Waals surface area contributed by atoms with Crippen molar-refractivity contribution in [1.82, 2.24) is 5.32 Å². The van der Waals surface area contributed by atoms with E-state index in [0.717, 1.165) is 12.8 Å². The number of carbonyl (C=O) groups excluding carboxylic acids is 1. The molecule has 0 unspecified atom stereocenters. The molecule has 0 heterocycles. The summed E-state index contributed by atoms with van der Waals surface area (Å²) in [5.41, 5.74) is -0.974. The Morgan fingerprint density at radius 3 is 2.62 bits per heavy atom. The third-order valence-corrected chi connectivity index (χ3v) is 3.88. The summed E-state index contributed by atoms with van der Waals surface area (Å²) in [7, 11) is 0. The van der Waals surface area contributed by atoms with E-state index in [2.05, 4.69) is 5.32 Å². The molecule has 2 rings (SSSR count). The van der Waals surface area contributed by atoms with Crippen molar-refractivity contribution in [2.45, 2.75) is 44.8 Å². The van der Waals surface area contributed by atoms with Crippen LogP contribution in [-0.4, -0.2) is 29.3 Å². The SMILES string of the molecule is CC(C)(Oc1ccc(Cl)cc1)C(=O)NCC[C@H](O)C1CC1. The lowest BCUT2D eigenvalue weighted by atomic mass is 10.1. The molecule has 1 aliphatic rings. The van der Waals surface area contributed by atoms with Gasteiger partial charge in [-0.15, -0.1) is 0 Å². The van der Waals surface area contributed by atoms with Crippen LogP contribution in [0.2, 0.25) is 5.02 Å². The van der Waals surface area contributed by atoms with Crippen LogP contribution in [0, 0.1) is 5.92 Å². The molecule has 0 radical (unpaired) electrons. The standard InChI is InChI=1S/C16H22ClNO3/c1-16(2,21-13-7-5-12(17)6-8-13)15(20)18-10-9-14(19)11-3-4-11/h5-8,11,14,19H,3-4,9-10H2,1-2H3,(H,18,20)/t14-/m0/s1. The van der Waals surface area contributed by atoms with Gasteiger partial charge in [0.15, 0.2) is 5.60 Å². The second kappa shape index (κ2) is 6.67. The number of rotatable bonds is 7. The van der Waals surface area contributed by atoms with E-state index in [-0.39, 0.29) is 12.0 Å². The van der Waals surface area contributed by atoms with Crippen LogP contribution >= 0.6 is 11.6 Å². The zero-order chi connectivity index (χ0) is 15.5. The predicted molar refractivity (Wildman–Crippen MR) is 82.5 cm³/mol. The summed E-state index contributed by atoms with van der Waals surface area (Å²) >= 11 is 5.82. The summed E-state index contributed by atoms with van der Waals surface area (Å²) in [5, 5.41) is 13.2. The van der Waals surface area contributed by atoms with Crippen molar-refractivity contribution in [2.75, 3.05) is 6.54 Å². The third-order valence-electron chi connectivity index (χ3n) is 3.63. The van der Waals surface area contributed by atoms with E-state index in [1.54, 1.807) is 38.1 Å². The van der Waals surface area contributed by atoms with Gasteiger partial charge < -0.3 is 15.2 Å². The maximum Gasteiger partial charge on any atom is 0.263 e. The van der Waals surface area contributed by atoms with Crippen LogP contribution in [0.25, 0.3) is 0 Å². The number of nitrogens with one attached hydrogen (secondary N) is 1. The Balaban J connectivity index is 1.79. The summed E-state index contributed by atoms with van der Waals surface area (Å²) in [6.45, 7) is 3.90. The van der Waals surface area contributed by atoms with E-state index in [4.69, 9.17) is 16.3 Å². The van der Waals surface area contributed by atoms with Gasteiger partial charge >= 0.3 is 0 Å². The fraction of sp³-hybridized carbons (Fsp3) is 0.562. The summed E-state index contributed by atoms with van der Waals surface area (Å²) in [6, 6.07) is 6.90. The zero-order valence-corrected chi connectivity index (χ0v) is 13.2. The number of amides is 1. The zero-order valence-electron chi connectivity index (χ0n) is 12.4. The summed E-state index contributed by atoms with van der Waals surface area (Å²) < 4.78 is 5.70. The molecule has 1 aromatic carbocycles. The average molecular weight is 312 g/mol. The van der Waals surface area contributed by atoms with Crippen LogP contribution in [0.15, 0.2) is 24.3 Å². The van der Waals surface area contributed by atoms with Gasteiger partial charge in [-0.3, -0.25) is 4.79 Å². The Labute approximate surface area is 130 Å². The Kier molecular flexibility index (Phi) is 5.12. The van der Waals surface area contributed by atoms with E-state index in [0.29, 0.717) is 29.7 Å². The number of hydrogen-bond donors (Lipinski definition) is 2. The molecule has 2 N–H and O–H groups in total. The van der Waals surface area contributed by atoms with Gasteiger partial charge in [-0.2, -0.15) is 0 Å². The van der Waals surface area contributed by atoms with Crippen molar-refractivity contribution >= 4 is 17.5 Å². The predicted octanol–water partition coefficient (Wildman–Crippen LogP) is 2.77. The second-order valence-corrected chi connectivity index (χ2v) is 6.45. The topological polar surface area (TPSA) is 58.6 Å². The molecule has 116 valence electrons. The molecule has 1 aromatic rings. The van der Waals surface area contributed by atoms with Gasteiger partial charge in [-0.1, -0.05) is 11.6 Å². The molecule has 0 aromatic heterocycles. The monoisotopic (exact) mass is 311 g/mol. The van der Waals surface area contributed by atoms with E-state index >= 15 is 0 Å². The number of carbonyl (C=O) groups is 1. The van der Waals surface area contributed by atoms with E-state index < -0.39 is 5.60 Å². The van der Waals surface area contributed by atoms with Crippen LogP contribution in [0.4, 0.5) is 0 Å². The number of ether oxygens (including phenoxy) is 1. The number of aliphatic hydroxyl groups excluding tert-OH is 1. The molecular weight excluding hydrogens is 290 g/mol. The van der Waals surface area contributed by atoms with Gasteiger partial charge in [0.05, 0.1) is 6.10 Å². The normalized spacial score (nSPS) is 16.4. The largest absolute Gasteiger partial charge is 0.478 e. The lowest BCUT2D eigenvalue weighted by molar-refractivity contribution is -0.134. The Bertz CT molecular complexity index is 483. The van der Waals surface area contributed by atoms with Gasteiger partial charge in [0.1, 0.15) is 5.75 Å². The minimum absolute atomic E-state index is 0.194. The van der Waals surface area contributed by atoms with Crippen molar-refractivity contribution in [2.24, 2.45) is 5.92 Å². The number of aliphatic hydroxyl groups is 1. The van der Waals surface area contributed by atoms with Gasteiger partial charge in [0, 0.05) is 11.6 Å². The molecule has 1 fully saturated rings. The van der Waals surface area contributed by atoms with E-state index in [1.807, 2.05) is 0 Å². The first-order valence-electron chi connectivity index (χ1n) is 7.29. The summed E-state index contributed by atoms with van der Waals surface area (Å²) in [6.07, 6.45) is 2.49. The van der Waals surface area contributed by atoms with Crippen LogP contribution in [-0.2, 0) is 4.79 Å². The van der Waals surface area contributed by atoms with Crippen LogP contribution in [0.1, 0.15) is 33.1 Å². The smallest absolute Gasteiger partial charge is 0.263 e. The van der Waals surface area contributed by atoms with Crippen molar-refractivity contribution in [3.63, 3.8) is 0 Å². The maximum absolute atomic E-state index is 12.2. The highest BCUT2D eigenvalue weighted by Crippen LogP contribution is 2.33. The molecule has 0 spiro atoms. The highest BCUT2D eigenvalue weighted by atomic mass is 35.5. The minimum atomic E-state index is -0.974. The second-order valence-electron chi connectivity index (χ2n) is 6.02. The van der Waals surface area contributed by atoms with Crippen molar-refractivity contribution in [1.29, 1.82) is 0 Å². The Morgan fingerprint density at radius 2 is 2.05 bits per heavy atom. The summed E-state index contributed by atoms with van der Waals surface area (Å²) in [4.78, 5) is 12.2. The molecule has 1 atom stereocenters. The van der Waals surface area contributed by atoms with Gasteiger partial charge in [-0.05, 0) is 63.3 Å². The average Bonchev–Trinajstić information content (AvgIpc) is 3.25. The molecular formula is C16H22ClNO3. The Hall–Kier alpha value is -1.26. The number of halogens is 1. The lowest BCUT2D eigenvalue weighted by Crippen LogP contribution is -2.47. The lowest BCUT2D eigenvalue weighted by Gasteiger charge is -2.25. The molecule has 4 nitrogen and oxygen atoms in total. The maximum atomic E-state index is 12.2. The first kappa shape index (κ1) is 16.1. The molecule has 1 aliphatic carbocycles. The fourth-order valence-corrected chi connectivity index (χ4v) is 2.23. The summed E-state index contributed by atoms with van der Waals surface area (Å²) in [5.74, 6) is 0.832. The van der Waals surface area contributed by atoms with Gasteiger partial charge in [0.25, 0.3) is 5.91 Å². The first-order chi connectivity index (χ1) is 9.88. The Morgan fingerprint density at radius 1 is 1.43 bits per heavy atom. The molecule has 0 saturated heterocycles. The van der Waals surface area contributed by atoms with Crippen LogP contribution < -0.4 is 10.1 Å². The number of benzene rings is 1. The molecule has 5 heteroatoms. The van der Waals surface area contributed by atoms with Gasteiger partial charge in [0.2, 0.25) is 0 Å². The van der Waals surface area contributed by atoms with E-state index in [1.165, 1.54) is 0 Å². The van der Waals surface area contributed by atoms with Crippen LogP contribution in [0.5, 0.6) is 5.75 Å². The molecule has 0 bridgehead atoms. The van der Waals surface area contributed by atoms with E-state index in [9.17, 15) is 9.90 Å². The first-order valence-corrected chi connectivity index (χ1v) is 7.67. The fourth-order valence-electron chi connectivity index (χ4n) is 2.11. The molecule has 1 saturated carbocycles. The molecule has 1 amide bonds. The van der Waals surface area contributed by atoms with Crippen molar-refractivity contribution < 1.29 is 14.6 Å². The molecule has 21 heavy (non-hydrogen) atoms. The van der Waals surface area contributed by atoms with Gasteiger partial charge in [-0.25, -0.2) is 0 Å². The highest BCUT2D eigenvalue weighted by molar-refractivity contribution is 6.30. The molecule has 0 aliphatic heterocycles. The van der Waals surface area contributed by atoms with Crippen molar-refractivity contribution in [3.05, 3.63) is 29.3 Å². The van der Waals surface area contributed by atoms with Crippen LogP contribution in [0.3, 0.4) is 0 Å². The quantitative estimate of drug-likeness (QED) is 0.814. The minimum Gasteiger partial charge on any atom is -0.478 e. The number of hydrogen-bond acceptors (Lipinski definition) is 3. The highest BCUT2D eigenvalue weighted by Gasteiger charge is 2.31. The van der Waals surface area contributed by atoms with Crippen molar-refractivity contribution in [3.8, 4) is 5.75 Å².